The molecule has 1 atom stereocenters. The van der Waals surface area contributed by atoms with E-state index in [0.717, 1.165) is 36.2 Å². The Morgan fingerprint density at radius 1 is 1.15 bits per heavy atom. The highest BCUT2D eigenvalue weighted by atomic mass is 16.4. The van der Waals surface area contributed by atoms with Crippen LogP contribution in [-0.2, 0) is 6.54 Å². The summed E-state index contributed by atoms with van der Waals surface area (Å²) >= 11 is 0. The molecule has 0 radical (unpaired) electrons. The Labute approximate surface area is 153 Å². The first-order valence-corrected chi connectivity index (χ1v) is 8.98. The van der Waals surface area contributed by atoms with E-state index in [0.29, 0.717) is 12.5 Å². The Morgan fingerprint density at radius 3 is 2.62 bits per heavy atom. The number of hydrogen-bond donors (Lipinski definition) is 2. The van der Waals surface area contributed by atoms with E-state index in [9.17, 15) is 9.59 Å². The Balaban J connectivity index is 1.67. The van der Waals surface area contributed by atoms with Crippen molar-refractivity contribution in [3.05, 3.63) is 59.7 Å². The van der Waals surface area contributed by atoms with E-state index in [-0.39, 0.29) is 11.6 Å². The minimum atomic E-state index is -0.939. The monoisotopic (exact) mass is 352 g/mol. The molecule has 1 fully saturated rings. The van der Waals surface area contributed by atoms with Gasteiger partial charge in [-0.05, 0) is 53.6 Å². The van der Waals surface area contributed by atoms with Crippen LogP contribution in [0.15, 0.2) is 48.5 Å². The number of nitrogens with one attached hydrogen (secondary N) is 1. The highest BCUT2D eigenvalue weighted by molar-refractivity contribution is 5.89. The first-order valence-electron chi connectivity index (χ1n) is 8.98. The van der Waals surface area contributed by atoms with Gasteiger partial charge in [0.2, 0.25) is 0 Å². The van der Waals surface area contributed by atoms with Crippen molar-refractivity contribution in [3.63, 3.8) is 0 Å². The summed E-state index contributed by atoms with van der Waals surface area (Å²) in [5, 5.41) is 12.1. The van der Waals surface area contributed by atoms with E-state index < -0.39 is 5.97 Å². The number of benzene rings is 2. The number of nitrogens with zero attached hydrogens (tertiary/aromatic N) is 1. The smallest absolute Gasteiger partial charge is 0.335 e. The van der Waals surface area contributed by atoms with Crippen LogP contribution in [0, 0.1) is 5.92 Å². The number of aromatic carboxylic acids is 1. The van der Waals surface area contributed by atoms with E-state index in [4.69, 9.17) is 5.11 Å². The van der Waals surface area contributed by atoms with Gasteiger partial charge in [0, 0.05) is 19.6 Å². The minimum absolute atomic E-state index is 0.0187. The molecule has 1 aliphatic heterocycles. The summed E-state index contributed by atoms with van der Waals surface area (Å²) in [4.78, 5) is 25.4. The van der Waals surface area contributed by atoms with Gasteiger partial charge in [0.15, 0.2) is 0 Å². The standard InChI is InChI=1S/C21H24N2O3/c1-15-5-4-10-23(14-15)21(26)22-13-16-6-2-7-17(11-16)18-8-3-9-19(12-18)20(24)25/h2-3,6-9,11-12,15H,4-5,10,13-14H2,1H3,(H,22,26)(H,24,25). The van der Waals surface area contributed by atoms with Crippen LogP contribution in [-0.4, -0.2) is 35.1 Å². The summed E-state index contributed by atoms with van der Waals surface area (Å²) in [6.07, 6.45) is 2.24. The van der Waals surface area contributed by atoms with E-state index >= 15 is 0 Å². The predicted molar refractivity (Wildman–Crippen MR) is 101 cm³/mol. The number of piperidine rings is 1. The number of carbonyl (C=O) groups excluding carboxylic acids is 1. The van der Waals surface area contributed by atoms with Crippen molar-refractivity contribution in [2.45, 2.75) is 26.3 Å². The first kappa shape index (κ1) is 18.0. The summed E-state index contributed by atoms with van der Waals surface area (Å²) in [7, 11) is 0. The maximum atomic E-state index is 12.3. The van der Waals surface area contributed by atoms with Crippen LogP contribution in [0.3, 0.4) is 0 Å². The molecule has 1 saturated heterocycles. The van der Waals surface area contributed by atoms with Crippen LogP contribution in [0.2, 0.25) is 0 Å². The average Bonchev–Trinajstić information content (AvgIpc) is 2.66. The molecule has 0 aromatic heterocycles. The molecule has 5 nitrogen and oxygen atoms in total. The number of carbonyl (C=O) groups is 2. The molecule has 0 saturated carbocycles. The Hall–Kier alpha value is -2.82. The van der Waals surface area contributed by atoms with Gasteiger partial charge in [0.1, 0.15) is 0 Å². The number of amides is 2. The van der Waals surface area contributed by atoms with Crippen molar-refractivity contribution >= 4 is 12.0 Å². The molecule has 2 aromatic carbocycles. The third kappa shape index (κ3) is 4.42. The number of likely N-dealkylation sites (tertiary alicyclic amines) is 1. The topological polar surface area (TPSA) is 69.6 Å². The molecule has 1 unspecified atom stereocenters. The zero-order valence-electron chi connectivity index (χ0n) is 14.9. The summed E-state index contributed by atoms with van der Waals surface area (Å²) in [5.74, 6) is -0.384. The van der Waals surface area contributed by atoms with E-state index in [1.807, 2.05) is 35.2 Å². The lowest BCUT2D eigenvalue weighted by Gasteiger charge is -2.31. The van der Waals surface area contributed by atoms with Crippen LogP contribution in [0.25, 0.3) is 11.1 Å². The Kier molecular flexibility index (Phi) is 5.56. The third-order valence-corrected chi connectivity index (χ3v) is 4.76. The van der Waals surface area contributed by atoms with Gasteiger partial charge in [-0.3, -0.25) is 0 Å². The van der Waals surface area contributed by atoms with E-state index in [1.54, 1.807) is 18.2 Å². The van der Waals surface area contributed by atoms with Gasteiger partial charge < -0.3 is 15.3 Å². The van der Waals surface area contributed by atoms with Gasteiger partial charge in [-0.1, -0.05) is 37.3 Å². The average molecular weight is 352 g/mol. The van der Waals surface area contributed by atoms with Gasteiger partial charge in [-0.25, -0.2) is 9.59 Å². The van der Waals surface area contributed by atoms with Crippen molar-refractivity contribution < 1.29 is 14.7 Å². The largest absolute Gasteiger partial charge is 0.478 e. The molecule has 3 rings (SSSR count). The fourth-order valence-electron chi connectivity index (χ4n) is 3.36. The molecule has 136 valence electrons. The Bertz CT molecular complexity index is 803. The SMILES string of the molecule is CC1CCCN(C(=O)NCc2cccc(-c3cccc(C(=O)O)c3)c2)C1. The molecular weight excluding hydrogens is 328 g/mol. The summed E-state index contributed by atoms with van der Waals surface area (Å²) < 4.78 is 0. The summed E-state index contributed by atoms with van der Waals surface area (Å²) in [5.41, 5.74) is 3.04. The quantitative estimate of drug-likeness (QED) is 0.874. The van der Waals surface area contributed by atoms with Crippen molar-refractivity contribution in [1.82, 2.24) is 10.2 Å². The second-order valence-electron chi connectivity index (χ2n) is 6.94. The fourth-order valence-corrected chi connectivity index (χ4v) is 3.36. The van der Waals surface area contributed by atoms with Crippen LogP contribution in [0.4, 0.5) is 4.79 Å². The van der Waals surface area contributed by atoms with Crippen LogP contribution in [0.5, 0.6) is 0 Å². The number of rotatable bonds is 4. The van der Waals surface area contributed by atoms with Gasteiger partial charge in [0.05, 0.1) is 5.56 Å². The summed E-state index contributed by atoms with van der Waals surface area (Å²) in [6, 6.07) is 14.7. The zero-order chi connectivity index (χ0) is 18.5. The zero-order valence-corrected chi connectivity index (χ0v) is 14.9. The van der Waals surface area contributed by atoms with Crippen LogP contribution in [0.1, 0.15) is 35.7 Å². The minimum Gasteiger partial charge on any atom is -0.478 e. The number of carboxylic acid groups (broad SMARTS) is 1. The molecular formula is C21H24N2O3. The van der Waals surface area contributed by atoms with Crippen LogP contribution < -0.4 is 5.32 Å². The lowest BCUT2D eigenvalue weighted by atomic mass is 10.0. The molecule has 1 aliphatic rings. The lowest BCUT2D eigenvalue weighted by Crippen LogP contribution is -2.44. The number of carboxylic acids is 1. The normalized spacial score (nSPS) is 17.0. The van der Waals surface area contributed by atoms with Crippen LogP contribution >= 0.6 is 0 Å². The Morgan fingerprint density at radius 2 is 1.88 bits per heavy atom. The number of urea groups is 1. The molecule has 0 aliphatic carbocycles. The second-order valence-corrected chi connectivity index (χ2v) is 6.94. The molecule has 2 N–H and O–H groups in total. The van der Waals surface area contributed by atoms with Crippen molar-refractivity contribution in [3.8, 4) is 11.1 Å². The second kappa shape index (κ2) is 8.04. The van der Waals surface area contributed by atoms with Gasteiger partial charge >= 0.3 is 12.0 Å². The number of hydrogen-bond acceptors (Lipinski definition) is 2. The molecule has 26 heavy (non-hydrogen) atoms. The van der Waals surface area contributed by atoms with Gasteiger partial charge in [0.25, 0.3) is 0 Å². The maximum Gasteiger partial charge on any atom is 0.335 e. The van der Waals surface area contributed by atoms with Gasteiger partial charge in [-0.2, -0.15) is 0 Å². The fraction of sp³-hybridized carbons (Fsp3) is 0.333. The molecule has 2 amide bonds. The van der Waals surface area contributed by atoms with Gasteiger partial charge in [-0.15, -0.1) is 0 Å². The molecule has 2 aromatic rings. The first-order chi connectivity index (χ1) is 12.5. The van der Waals surface area contributed by atoms with Crippen molar-refractivity contribution in [2.75, 3.05) is 13.1 Å². The highest BCUT2D eigenvalue weighted by Gasteiger charge is 2.20. The molecule has 5 heteroatoms. The maximum absolute atomic E-state index is 12.3. The van der Waals surface area contributed by atoms with Crippen molar-refractivity contribution in [1.29, 1.82) is 0 Å². The van der Waals surface area contributed by atoms with E-state index in [1.165, 1.54) is 6.42 Å². The predicted octanol–water partition coefficient (Wildman–Crippen LogP) is 3.99. The van der Waals surface area contributed by atoms with Crippen molar-refractivity contribution in [2.24, 2.45) is 5.92 Å². The molecule has 0 bridgehead atoms. The third-order valence-electron chi connectivity index (χ3n) is 4.76. The highest BCUT2D eigenvalue weighted by Crippen LogP contribution is 2.22. The molecule has 0 spiro atoms. The van der Waals surface area contributed by atoms with E-state index in [2.05, 4.69) is 12.2 Å². The summed E-state index contributed by atoms with van der Waals surface area (Å²) in [6.45, 7) is 4.26. The molecule has 1 heterocycles. The lowest BCUT2D eigenvalue weighted by molar-refractivity contribution is 0.0697.